The van der Waals surface area contributed by atoms with E-state index >= 15 is 0 Å². The Hall–Kier alpha value is -0.570. The molecule has 0 spiro atoms. The highest BCUT2D eigenvalue weighted by molar-refractivity contribution is 5.74. The van der Waals surface area contributed by atoms with E-state index in [9.17, 15) is 4.79 Å². The molecule has 0 saturated heterocycles. The van der Waals surface area contributed by atoms with Crippen molar-refractivity contribution in [3.8, 4) is 0 Å². The normalized spacial score (nSPS) is 14.1. The molecule has 1 atom stereocenters. The summed E-state index contributed by atoms with van der Waals surface area (Å²) in [6, 6.07) is -0.516. The maximum atomic E-state index is 11.0. The smallest absolute Gasteiger partial charge is 0.322 e. The third-order valence-electron chi connectivity index (χ3n) is 1.93. The van der Waals surface area contributed by atoms with Crippen molar-refractivity contribution < 1.29 is 9.53 Å². The molecule has 0 aromatic rings. The lowest BCUT2D eigenvalue weighted by atomic mass is 9.92. The van der Waals surface area contributed by atoms with Crippen molar-refractivity contribution >= 4 is 5.97 Å². The van der Waals surface area contributed by atoms with Gasteiger partial charge in [-0.3, -0.25) is 4.79 Å². The SMILES string of the molecule is CCC(C)(C)COC(=O)C(C)N. The summed E-state index contributed by atoms with van der Waals surface area (Å²) >= 11 is 0. The highest BCUT2D eigenvalue weighted by Crippen LogP contribution is 2.19. The summed E-state index contributed by atoms with van der Waals surface area (Å²) in [4.78, 5) is 11.0. The van der Waals surface area contributed by atoms with Gasteiger partial charge < -0.3 is 10.5 Å². The molecule has 72 valence electrons. The van der Waals surface area contributed by atoms with Crippen LogP contribution < -0.4 is 5.73 Å². The van der Waals surface area contributed by atoms with Crippen LogP contribution in [0.25, 0.3) is 0 Å². The van der Waals surface area contributed by atoms with Gasteiger partial charge in [0.1, 0.15) is 6.04 Å². The zero-order chi connectivity index (χ0) is 9.78. The van der Waals surface area contributed by atoms with Crippen molar-refractivity contribution in [1.82, 2.24) is 0 Å². The Morgan fingerprint density at radius 3 is 2.42 bits per heavy atom. The van der Waals surface area contributed by atoms with Crippen molar-refractivity contribution in [3.05, 3.63) is 0 Å². The van der Waals surface area contributed by atoms with Crippen molar-refractivity contribution in [1.29, 1.82) is 0 Å². The predicted octanol–water partition coefficient (Wildman–Crippen LogP) is 1.31. The average molecular weight is 173 g/mol. The van der Waals surface area contributed by atoms with Crippen LogP contribution in [0.5, 0.6) is 0 Å². The summed E-state index contributed by atoms with van der Waals surface area (Å²) in [6.07, 6.45) is 0.985. The van der Waals surface area contributed by atoms with Crippen molar-refractivity contribution in [2.45, 2.75) is 40.2 Å². The number of rotatable bonds is 4. The first-order valence-corrected chi connectivity index (χ1v) is 4.31. The van der Waals surface area contributed by atoms with Crippen LogP contribution in [0, 0.1) is 5.41 Å². The number of nitrogens with two attached hydrogens (primary N) is 1. The van der Waals surface area contributed by atoms with Crippen molar-refractivity contribution in [2.75, 3.05) is 6.61 Å². The third kappa shape index (κ3) is 4.34. The molecule has 2 N–H and O–H groups in total. The second-order valence-electron chi connectivity index (χ2n) is 3.91. The summed E-state index contributed by atoms with van der Waals surface area (Å²) in [6.45, 7) is 8.26. The second kappa shape index (κ2) is 4.45. The minimum absolute atomic E-state index is 0.0601. The lowest BCUT2D eigenvalue weighted by molar-refractivity contribution is -0.147. The summed E-state index contributed by atoms with van der Waals surface area (Å²) in [5.74, 6) is -0.323. The molecule has 0 bridgehead atoms. The second-order valence-corrected chi connectivity index (χ2v) is 3.91. The van der Waals surface area contributed by atoms with E-state index in [-0.39, 0.29) is 11.4 Å². The minimum Gasteiger partial charge on any atom is -0.464 e. The molecule has 0 heterocycles. The highest BCUT2D eigenvalue weighted by Gasteiger charge is 2.18. The first-order chi connectivity index (χ1) is 5.39. The summed E-state index contributed by atoms with van der Waals surface area (Å²) < 4.78 is 5.00. The Morgan fingerprint density at radius 2 is 2.08 bits per heavy atom. The van der Waals surface area contributed by atoms with Gasteiger partial charge in [0, 0.05) is 0 Å². The molecular formula is C9H19NO2. The monoisotopic (exact) mass is 173 g/mol. The van der Waals surface area contributed by atoms with Gasteiger partial charge in [0.05, 0.1) is 6.61 Å². The molecule has 12 heavy (non-hydrogen) atoms. The fourth-order valence-corrected chi connectivity index (χ4v) is 0.500. The number of esters is 1. The number of hydrogen-bond donors (Lipinski definition) is 1. The van der Waals surface area contributed by atoms with E-state index in [0.717, 1.165) is 6.42 Å². The molecule has 0 aliphatic rings. The first-order valence-electron chi connectivity index (χ1n) is 4.31. The molecule has 0 radical (unpaired) electrons. The minimum atomic E-state index is -0.516. The van der Waals surface area contributed by atoms with Gasteiger partial charge in [-0.1, -0.05) is 20.8 Å². The molecule has 0 aliphatic carbocycles. The van der Waals surface area contributed by atoms with Gasteiger partial charge >= 0.3 is 5.97 Å². The van der Waals surface area contributed by atoms with Crippen LogP contribution in [0.2, 0.25) is 0 Å². The quantitative estimate of drug-likeness (QED) is 0.652. The van der Waals surface area contributed by atoms with Gasteiger partial charge in [0.2, 0.25) is 0 Å². The van der Waals surface area contributed by atoms with Crippen LogP contribution in [0.1, 0.15) is 34.1 Å². The number of carbonyl (C=O) groups excluding carboxylic acids is 1. The molecule has 3 nitrogen and oxygen atoms in total. The highest BCUT2D eigenvalue weighted by atomic mass is 16.5. The van der Waals surface area contributed by atoms with Gasteiger partial charge in [0.15, 0.2) is 0 Å². The van der Waals surface area contributed by atoms with Crippen LogP contribution in [0.4, 0.5) is 0 Å². The van der Waals surface area contributed by atoms with Crippen molar-refractivity contribution in [3.63, 3.8) is 0 Å². The van der Waals surface area contributed by atoms with Crippen molar-refractivity contribution in [2.24, 2.45) is 11.1 Å². The summed E-state index contributed by atoms with van der Waals surface area (Å²) in [7, 11) is 0. The third-order valence-corrected chi connectivity index (χ3v) is 1.93. The Kier molecular flexibility index (Phi) is 4.24. The molecule has 0 aliphatic heterocycles. The van der Waals surface area contributed by atoms with Gasteiger partial charge in [-0.2, -0.15) is 0 Å². The van der Waals surface area contributed by atoms with Crippen LogP contribution in [0.3, 0.4) is 0 Å². The largest absolute Gasteiger partial charge is 0.464 e. The van der Waals surface area contributed by atoms with E-state index < -0.39 is 6.04 Å². The van der Waals surface area contributed by atoms with Crippen LogP contribution in [0.15, 0.2) is 0 Å². The maximum absolute atomic E-state index is 11.0. The molecule has 0 amide bonds. The van der Waals surface area contributed by atoms with E-state index in [1.165, 1.54) is 0 Å². The number of ether oxygens (including phenoxy) is 1. The van der Waals surface area contributed by atoms with Crippen LogP contribution >= 0.6 is 0 Å². The fourth-order valence-electron chi connectivity index (χ4n) is 0.500. The van der Waals surface area contributed by atoms with E-state index in [0.29, 0.717) is 6.61 Å². The van der Waals surface area contributed by atoms with E-state index in [2.05, 4.69) is 20.8 Å². The maximum Gasteiger partial charge on any atom is 0.322 e. The standard InChI is InChI=1S/C9H19NO2/c1-5-9(3,4)6-12-8(11)7(2)10/h7H,5-6,10H2,1-4H3. The fraction of sp³-hybridized carbons (Fsp3) is 0.889. The van der Waals surface area contributed by atoms with E-state index in [1.54, 1.807) is 6.92 Å². The van der Waals surface area contributed by atoms with Crippen LogP contribution in [-0.2, 0) is 9.53 Å². The Labute approximate surface area is 74.3 Å². The molecule has 0 rings (SSSR count). The average Bonchev–Trinajstić information content (AvgIpc) is 2.00. The Bertz CT molecular complexity index is 153. The summed E-state index contributed by atoms with van der Waals surface area (Å²) in [5.41, 5.74) is 5.39. The summed E-state index contributed by atoms with van der Waals surface area (Å²) in [5, 5.41) is 0. The first kappa shape index (κ1) is 11.4. The van der Waals surface area contributed by atoms with E-state index in [4.69, 9.17) is 10.5 Å². The Balaban J connectivity index is 3.76. The molecule has 1 unspecified atom stereocenters. The Morgan fingerprint density at radius 1 is 1.58 bits per heavy atom. The zero-order valence-corrected chi connectivity index (χ0v) is 8.39. The number of hydrogen-bond acceptors (Lipinski definition) is 3. The van der Waals surface area contributed by atoms with Gasteiger partial charge in [-0.05, 0) is 18.8 Å². The van der Waals surface area contributed by atoms with Gasteiger partial charge in [-0.15, -0.1) is 0 Å². The number of carbonyl (C=O) groups is 1. The molecular weight excluding hydrogens is 154 g/mol. The lowest BCUT2D eigenvalue weighted by Gasteiger charge is -2.22. The van der Waals surface area contributed by atoms with Crippen LogP contribution in [-0.4, -0.2) is 18.6 Å². The predicted molar refractivity (Wildman–Crippen MR) is 48.7 cm³/mol. The molecule has 0 aromatic heterocycles. The van der Waals surface area contributed by atoms with E-state index in [1.807, 2.05) is 0 Å². The lowest BCUT2D eigenvalue weighted by Crippen LogP contribution is -2.31. The van der Waals surface area contributed by atoms with Gasteiger partial charge in [0.25, 0.3) is 0 Å². The topological polar surface area (TPSA) is 52.3 Å². The van der Waals surface area contributed by atoms with Gasteiger partial charge in [-0.25, -0.2) is 0 Å². The molecule has 0 fully saturated rings. The molecule has 0 saturated carbocycles. The zero-order valence-electron chi connectivity index (χ0n) is 8.39. The molecule has 0 aromatic carbocycles. The molecule has 3 heteroatoms.